The lowest BCUT2D eigenvalue weighted by atomic mass is 10.1. The van der Waals surface area contributed by atoms with Crippen LogP contribution >= 0.6 is 0 Å². The van der Waals surface area contributed by atoms with Crippen molar-refractivity contribution in [3.8, 4) is 5.75 Å². The molecule has 3 aromatic rings. The summed E-state index contributed by atoms with van der Waals surface area (Å²) in [6, 6.07) is 19.5. The van der Waals surface area contributed by atoms with E-state index in [1.165, 1.54) is 19.2 Å². The van der Waals surface area contributed by atoms with E-state index in [4.69, 9.17) is 4.74 Å². The summed E-state index contributed by atoms with van der Waals surface area (Å²) < 4.78 is 18.1. The number of hydrogen-bond donors (Lipinski definition) is 3. The van der Waals surface area contributed by atoms with Crippen LogP contribution < -0.4 is 20.7 Å². The first-order chi connectivity index (χ1) is 14.5. The summed E-state index contributed by atoms with van der Waals surface area (Å²) in [5, 5.41) is 8.25. The van der Waals surface area contributed by atoms with Gasteiger partial charge in [0.1, 0.15) is 11.6 Å². The summed E-state index contributed by atoms with van der Waals surface area (Å²) in [5.74, 6) is 0.000677. The molecule has 0 atom stereocenters. The van der Waals surface area contributed by atoms with E-state index in [2.05, 4.69) is 16.0 Å². The van der Waals surface area contributed by atoms with E-state index in [0.29, 0.717) is 35.7 Å². The van der Waals surface area contributed by atoms with E-state index in [0.717, 1.165) is 5.56 Å². The van der Waals surface area contributed by atoms with Gasteiger partial charge in [-0.3, -0.25) is 4.79 Å². The second-order valence-electron chi connectivity index (χ2n) is 6.49. The lowest BCUT2D eigenvalue weighted by molar-refractivity contribution is 0.102. The van der Waals surface area contributed by atoms with Crippen LogP contribution in [0.1, 0.15) is 15.9 Å². The highest BCUT2D eigenvalue weighted by atomic mass is 19.1. The number of halogens is 1. The Hall–Kier alpha value is -3.87. The Balaban J connectivity index is 1.49. The molecule has 3 rings (SSSR count). The molecule has 0 aromatic heterocycles. The zero-order chi connectivity index (χ0) is 21.3. The summed E-state index contributed by atoms with van der Waals surface area (Å²) in [6.07, 6.45) is 0.593. The van der Waals surface area contributed by atoms with Gasteiger partial charge in [-0.15, -0.1) is 0 Å². The van der Waals surface area contributed by atoms with Crippen LogP contribution in [-0.4, -0.2) is 25.6 Å². The van der Waals surface area contributed by atoms with E-state index in [-0.39, 0.29) is 17.8 Å². The van der Waals surface area contributed by atoms with E-state index in [9.17, 15) is 14.0 Å². The highest BCUT2D eigenvalue weighted by Crippen LogP contribution is 2.23. The monoisotopic (exact) mass is 407 g/mol. The topological polar surface area (TPSA) is 79.5 Å². The summed E-state index contributed by atoms with van der Waals surface area (Å²) in [7, 11) is 1.54. The van der Waals surface area contributed by atoms with Gasteiger partial charge < -0.3 is 20.7 Å². The van der Waals surface area contributed by atoms with Crippen LogP contribution in [0.4, 0.5) is 20.6 Å². The molecule has 0 aliphatic rings. The normalized spacial score (nSPS) is 10.2. The molecule has 0 aliphatic heterocycles. The number of nitrogens with one attached hydrogen (secondary N) is 3. The molecule has 0 bridgehead atoms. The van der Waals surface area contributed by atoms with Crippen LogP contribution in [0.15, 0.2) is 72.8 Å². The van der Waals surface area contributed by atoms with Gasteiger partial charge in [0.15, 0.2) is 0 Å². The second-order valence-corrected chi connectivity index (χ2v) is 6.49. The number of carbonyl (C=O) groups is 2. The first-order valence-corrected chi connectivity index (χ1v) is 9.39. The first kappa shape index (κ1) is 20.9. The molecular formula is C23H22FN3O3. The molecule has 3 aromatic carbocycles. The number of rotatable bonds is 7. The van der Waals surface area contributed by atoms with Crippen molar-refractivity contribution in [3.05, 3.63) is 89.7 Å². The molecule has 154 valence electrons. The van der Waals surface area contributed by atoms with Gasteiger partial charge in [-0.2, -0.15) is 0 Å². The molecule has 0 saturated carbocycles. The molecule has 6 nitrogen and oxygen atoms in total. The number of anilines is 2. The summed E-state index contributed by atoms with van der Waals surface area (Å²) in [5.41, 5.74) is 2.51. The highest BCUT2D eigenvalue weighted by Gasteiger charge is 2.10. The Kier molecular flexibility index (Phi) is 7.00. The van der Waals surface area contributed by atoms with Gasteiger partial charge in [0, 0.05) is 17.8 Å². The molecule has 3 N–H and O–H groups in total. The number of benzene rings is 3. The van der Waals surface area contributed by atoms with Gasteiger partial charge >= 0.3 is 6.03 Å². The van der Waals surface area contributed by atoms with E-state index in [1.54, 1.807) is 54.6 Å². The van der Waals surface area contributed by atoms with Crippen molar-refractivity contribution in [1.29, 1.82) is 0 Å². The first-order valence-electron chi connectivity index (χ1n) is 9.39. The minimum atomic E-state index is -0.358. The van der Waals surface area contributed by atoms with E-state index < -0.39 is 0 Å². The number of urea groups is 1. The average molecular weight is 407 g/mol. The molecule has 0 radical (unpaired) electrons. The molecular weight excluding hydrogens is 385 g/mol. The van der Waals surface area contributed by atoms with Gasteiger partial charge in [0.05, 0.1) is 12.8 Å². The van der Waals surface area contributed by atoms with Crippen molar-refractivity contribution in [2.45, 2.75) is 6.42 Å². The number of carbonyl (C=O) groups excluding carboxylic acids is 2. The fraction of sp³-hybridized carbons (Fsp3) is 0.130. The Morgan fingerprint density at radius 1 is 0.900 bits per heavy atom. The van der Waals surface area contributed by atoms with Crippen molar-refractivity contribution in [1.82, 2.24) is 5.32 Å². The maximum absolute atomic E-state index is 12.9. The van der Waals surface area contributed by atoms with E-state index >= 15 is 0 Å². The number of methoxy groups -OCH3 is 1. The zero-order valence-corrected chi connectivity index (χ0v) is 16.4. The zero-order valence-electron chi connectivity index (χ0n) is 16.4. The van der Waals surface area contributed by atoms with Crippen LogP contribution in [0.5, 0.6) is 5.75 Å². The van der Waals surface area contributed by atoms with Crippen molar-refractivity contribution in [2.75, 3.05) is 24.3 Å². The Bertz CT molecular complexity index is 1000. The van der Waals surface area contributed by atoms with Crippen molar-refractivity contribution >= 4 is 23.3 Å². The van der Waals surface area contributed by atoms with Crippen molar-refractivity contribution < 1.29 is 18.7 Å². The molecule has 0 unspecified atom stereocenters. The summed E-state index contributed by atoms with van der Waals surface area (Å²) in [6.45, 7) is 0.414. The maximum Gasteiger partial charge on any atom is 0.319 e. The molecule has 0 spiro atoms. The minimum Gasteiger partial charge on any atom is -0.495 e. The van der Waals surface area contributed by atoms with Crippen molar-refractivity contribution in [3.63, 3.8) is 0 Å². The molecule has 7 heteroatoms. The maximum atomic E-state index is 12.9. The SMILES string of the molecule is COc1ccccc1NC(=O)c1ccc(NC(=O)NCCc2ccc(F)cc2)cc1. The van der Waals surface area contributed by atoms with E-state index in [1.807, 2.05) is 6.07 Å². The number of ether oxygens (including phenoxy) is 1. The summed E-state index contributed by atoms with van der Waals surface area (Å²) >= 11 is 0. The molecule has 0 saturated heterocycles. The predicted octanol–water partition coefficient (Wildman–Crippen LogP) is 4.45. The number of hydrogen-bond acceptors (Lipinski definition) is 3. The second kappa shape index (κ2) is 10.1. The summed E-state index contributed by atoms with van der Waals surface area (Å²) in [4.78, 5) is 24.4. The minimum absolute atomic E-state index is 0.283. The third-order valence-corrected chi connectivity index (χ3v) is 4.37. The van der Waals surface area contributed by atoms with Crippen LogP contribution in [0.3, 0.4) is 0 Å². The standard InChI is InChI=1S/C23H22FN3O3/c1-30-21-5-3-2-4-20(21)27-22(28)17-8-12-19(13-9-17)26-23(29)25-15-14-16-6-10-18(24)11-7-16/h2-13H,14-15H2,1H3,(H,27,28)(H2,25,26,29). The lowest BCUT2D eigenvalue weighted by Crippen LogP contribution is -2.30. The van der Waals surface area contributed by atoms with Gasteiger partial charge in [-0.05, 0) is 60.5 Å². The van der Waals surface area contributed by atoms with Crippen LogP contribution in [-0.2, 0) is 6.42 Å². The molecule has 0 heterocycles. The Labute approximate surface area is 174 Å². The van der Waals surface area contributed by atoms with Gasteiger partial charge in [0.25, 0.3) is 5.91 Å². The third-order valence-electron chi connectivity index (χ3n) is 4.37. The predicted molar refractivity (Wildman–Crippen MR) is 115 cm³/mol. The smallest absolute Gasteiger partial charge is 0.319 e. The fourth-order valence-corrected chi connectivity index (χ4v) is 2.79. The van der Waals surface area contributed by atoms with Crippen LogP contribution in [0.2, 0.25) is 0 Å². The number of amides is 3. The van der Waals surface area contributed by atoms with Crippen LogP contribution in [0, 0.1) is 5.82 Å². The average Bonchev–Trinajstić information content (AvgIpc) is 2.76. The van der Waals surface area contributed by atoms with Crippen molar-refractivity contribution in [2.24, 2.45) is 0 Å². The number of para-hydroxylation sites is 2. The van der Waals surface area contributed by atoms with Gasteiger partial charge in [-0.25, -0.2) is 9.18 Å². The Morgan fingerprint density at radius 2 is 1.60 bits per heavy atom. The Morgan fingerprint density at radius 3 is 2.30 bits per heavy atom. The third kappa shape index (κ3) is 5.81. The van der Waals surface area contributed by atoms with Gasteiger partial charge in [-0.1, -0.05) is 24.3 Å². The molecule has 0 fully saturated rings. The molecule has 3 amide bonds. The van der Waals surface area contributed by atoms with Gasteiger partial charge in [0.2, 0.25) is 0 Å². The largest absolute Gasteiger partial charge is 0.495 e. The quantitative estimate of drug-likeness (QED) is 0.541. The molecule has 0 aliphatic carbocycles. The lowest BCUT2D eigenvalue weighted by Gasteiger charge is -2.11. The molecule has 30 heavy (non-hydrogen) atoms. The van der Waals surface area contributed by atoms with Crippen LogP contribution in [0.25, 0.3) is 0 Å². The fourth-order valence-electron chi connectivity index (χ4n) is 2.79. The highest BCUT2D eigenvalue weighted by molar-refractivity contribution is 6.05.